The first-order chi connectivity index (χ1) is 11.4. The zero-order chi connectivity index (χ0) is 19.3. The maximum absolute atomic E-state index is 12.0. The first kappa shape index (κ1) is 21.0. The minimum atomic E-state index is -0.510. The maximum atomic E-state index is 12.0. The lowest BCUT2D eigenvalue weighted by Crippen LogP contribution is -2.52. The lowest BCUT2D eigenvalue weighted by atomic mass is 9.90. The Balaban J connectivity index is 2.70. The predicted octanol–water partition coefficient (Wildman–Crippen LogP) is 3.32. The number of hydrogen-bond acceptors (Lipinski definition) is 4. The van der Waals surface area contributed by atoms with Crippen LogP contribution in [-0.2, 0) is 18.3 Å². The van der Waals surface area contributed by atoms with Crippen molar-refractivity contribution in [3.05, 3.63) is 23.5 Å². The summed E-state index contributed by atoms with van der Waals surface area (Å²) >= 11 is 0. The van der Waals surface area contributed by atoms with Gasteiger partial charge in [0, 0.05) is 31.9 Å². The minimum absolute atomic E-state index is 0.270. The third-order valence-corrected chi connectivity index (χ3v) is 3.78. The van der Waals surface area contributed by atoms with Crippen LogP contribution < -0.4 is 10.6 Å². The monoisotopic (exact) mass is 348 g/mol. The van der Waals surface area contributed by atoms with E-state index in [1.54, 1.807) is 0 Å². The van der Waals surface area contributed by atoms with Crippen LogP contribution in [0.25, 0.3) is 0 Å². The van der Waals surface area contributed by atoms with E-state index in [2.05, 4.69) is 37.5 Å². The second-order valence-electron chi connectivity index (χ2n) is 8.32. The third-order valence-electron chi connectivity index (χ3n) is 3.78. The quantitative estimate of drug-likeness (QED) is 0.792. The normalized spacial score (nSPS) is 14.0. The van der Waals surface area contributed by atoms with Crippen LogP contribution in [-0.4, -0.2) is 28.3 Å². The molecular weight excluding hydrogens is 316 g/mol. The fourth-order valence-electron chi connectivity index (χ4n) is 2.85. The van der Waals surface area contributed by atoms with E-state index in [9.17, 15) is 4.79 Å². The number of amides is 1. The second-order valence-corrected chi connectivity index (χ2v) is 8.32. The molecule has 140 valence electrons. The van der Waals surface area contributed by atoms with Crippen molar-refractivity contribution in [3.63, 3.8) is 0 Å². The number of hydrogen-bond donors (Lipinski definition) is 2. The van der Waals surface area contributed by atoms with Crippen LogP contribution in [0.5, 0.6) is 0 Å². The smallest absolute Gasteiger partial charge is 0.407 e. The van der Waals surface area contributed by atoms with Gasteiger partial charge >= 0.3 is 6.09 Å². The average Bonchev–Trinajstić information content (AvgIpc) is 2.81. The second kappa shape index (κ2) is 8.39. The molecular formula is C19H32N4O2. The van der Waals surface area contributed by atoms with Gasteiger partial charge in [-0.2, -0.15) is 5.26 Å². The van der Waals surface area contributed by atoms with Crippen molar-refractivity contribution in [1.82, 2.24) is 15.2 Å². The summed E-state index contributed by atoms with van der Waals surface area (Å²) < 4.78 is 7.13. The largest absolute Gasteiger partial charge is 0.444 e. The summed E-state index contributed by atoms with van der Waals surface area (Å²) in [7, 11) is 1.86. The number of alkyl carbamates (subject to hydrolysis) is 1. The molecule has 2 N–H and O–H groups in total. The van der Waals surface area contributed by atoms with Crippen molar-refractivity contribution in [2.75, 3.05) is 6.54 Å². The van der Waals surface area contributed by atoms with Gasteiger partial charge in [0.1, 0.15) is 17.4 Å². The maximum Gasteiger partial charge on any atom is 0.407 e. The minimum Gasteiger partial charge on any atom is -0.444 e. The summed E-state index contributed by atoms with van der Waals surface area (Å²) in [4.78, 5) is 12.0. The van der Waals surface area contributed by atoms with Gasteiger partial charge in [-0.1, -0.05) is 13.8 Å². The molecule has 0 saturated heterocycles. The highest BCUT2D eigenvalue weighted by molar-refractivity contribution is 5.67. The molecule has 1 heterocycles. The standard InChI is InChI=1S/C19H32N4O2/c1-14(2)9-19(6,13-21-17(24)25-18(3,4)5)22-11-15-8-16(10-20)23(7)12-15/h8,12,14,22H,9,11,13H2,1-7H3,(H,21,24). The molecule has 1 unspecified atom stereocenters. The Morgan fingerprint density at radius 2 is 2.00 bits per heavy atom. The Morgan fingerprint density at radius 1 is 1.36 bits per heavy atom. The topological polar surface area (TPSA) is 79.1 Å². The number of nitrogens with zero attached hydrogens (tertiary/aromatic N) is 2. The summed E-state index contributed by atoms with van der Waals surface area (Å²) in [5, 5.41) is 15.5. The Hall–Kier alpha value is -2.00. The number of nitriles is 1. The van der Waals surface area contributed by atoms with E-state index < -0.39 is 11.7 Å². The van der Waals surface area contributed by atoms with Gasteiger partial charge in [-0.25, -0.2) is 4.79 Å². The lowest BCUT2D eigenvalue weighted by Gasteiger charge is -2.33. The van der Waals surface area contributed by atoms with Crippen LogP contribution in [0.3, 0.4) is 0 Å². The fourth-order valence-corrected chi connectivity index (χ4v) is 2.85. The number of rotatable bonds is 7. The van der Waals surface area contributed by atoms with Crippen molar-refractivity contribution in [3.8, 4) is 6.07 Å². The van der Waals surface area contributed by atoms with Crippen LogP contribution in [0.4, 0.5) is 4.79 Å². The molecule has 1 aromatic heterocycles. The van der Waals surface area contributed by atoms with Gasteiger partial charge in [0.05, 0.1) is 0 Å². The molecule has 1 amide bonds. The highest BCUT2D eigenvalue weighted by atomic mass is 16.6. The molecule has 6 heteroatoms. The van der Waals surface area contributed by atoms with Crippen LogP contribution >= 0.6 is 0 Å². The van der Waals surface area contributed by atoms with Gasteiger partial charge in [0.15, 0.2) is 0 Å². The molecule has 0 aliphatic carbocycles. The molecule has 0 fully saturated rings. The number of aryl methyl sites for hydroxylation is 1. The number of ether oxygens (including phenoxy) is 1. The highest BCUT2D eigenvalue weighted by Crippen LogP contribution is 2.18. The Labute approximate surface area is 151 Å². The highest BCUT2D eigenvalue weighted by Gasteiger charge is 2.27. The predicted molar refractivity (Wildman–Crippen MR) is 99.1 cm³/mol. The van der Waals surface area contributed by atoms with Gasteiger partial charge in [-0.15, -0.1) is 0 Å². The molecule has 6 nitrogen and oxygen atoms in total. The number of nitrogens with one attached hydrogen (secondary N) is 2. The van der Waals surface area contributed by atoms with Gasteiger partial charge in [0.25, 0.3) is 0 Å². The van der Waals surface area contributed by atoms with Crippen LogP contribution in [0, 0.1) is 17.2 Å². The van der Waals surface area contributed by atoms with Crippen molar-refractivity contribution in [2.45, 2.75) is 65.6 Å². The SMILES string of the molecule is CC(C)CC(C)(CNC(=O)OC(C)(C)C)NCc1cc(C#N)n(C)c1. The molecule has 0 aromatic carbocycles. The number of carbonyl (C=O) groups excluding carboxylic acids is 1. The summed E-state index contributed by atoms with van der Waals surface area (Å²) in [6.07, 6.45) is 2.44. The summed E-state index contributed by atoms with van der Waals surface area (Å²) in [5.41, 5.74) is 0.901. The third kappa shape index (κ3) is 7.61. The van der Waals surface area contributed by atoms with Gasteiger partial charge in [-0.05, 0) is 51.7 Å². The van der Waals surface area contributed by atoms with Crippen molar-refractivity contribution >= 4 is 6.09 Å². The molecule has 0 saturated carbocycles. The van der Waals surface area contributed by atoms with E-state index in [1.807, 2.05) is 44.6 Å². The molecule has 1 rings (SSSR count). The molecule has 0 spiro atoms. The average molecular weight is 348 g/mol. The molecule has 0 radical (unpaired) electrons. The molecule has 0 bridgehead atoms. The van der Waals surface area contributed by atoms with Gasteiger partial charge in [0.2, 0.25) is 0 Å². The van der Waals surface area contributed by atoms with Crippen molar-refractivity contribution in [2.24, 2.45) is 13.0 Å². The van der Waals surface area contributed by atoms with Gasteiger partial charge in [-0.3, -0.25) is 0 Å². The van der Waals surface area contributed by atoms with Crippen LogP contribution in [0.15, 0.2) is 12.3 Å². The Kier molecular flexibility index (Phi) is 7.06. The first-order valence-electron chi connectivity index (χ1n) is 8.71. The Bertz CT molecular complexity index is 622. The first-order valence-corrected chi connectivity index (χ1v) is 8.71. The van der Waals surface area contributed by atoms with E-state index in [4.69, 9.17) is 10.00 Å². The van der Waals surface area contributed by atoms with Gasteiger partial charge < -0.3 is 19.9 Å². The Morgan fingerprint density at radius 3 is 2.48 bits per heavy atom. The molecule has 1 atom stereocenters. The molecule has 0 aliphatic heterocycles. The number of carbonyl (C=O) groups is 1. The van der Waals surface area contributed by atoms with E-state index in [0.717, 1.165) is 12.0 Å². The van der Waals surface area contributed by atoms with E-state index >= 15 is 0 Å². The van der Waals surface area contributed by atoms with E-state index in [1.165, 1.54) is 0 Å². The van der Waals surface area contributed by atoms with E-state index in [-0.39, 0.29) is 5.54 Å². The zero-order valence-corrected chi connectivity index (χ0v) is 16.6. The van der Waals surface area contributed by atoms with Crippen LogP contribution in [0.2, 0.25) is 0 Å². The zero-order valence-electron chi connectivity index (χ0n) is 16.6. The lowest BCUT2D eigenvalue weighted by molar-refractivity contribution is 0.0507. The molecule has 25 heavy (non-hydrogen) atoms. The summed E-state index contributed by atoms with van der Waals surface area (Å²) in [6, 6.07) is 4.05. The van der Waals surface area contributed by atoms with Crippen molar-refractivity contribution in [1.29, 1.82) is 5.26 Å². The van der Waals surface area contributed by atoms with Crippen molar-refractivity contribution < 1.29 is 9.53 Å². The number of aromatic nitrogens is 1. The van der Waals surface area contributed by atoms with E-state index in [0.29, 0.717) is 24.7 Å². The van der Waals surface area contributed by atoms with Crippen LogP contribution in [0.1, 0.15) is 59.2 Å². The molecule has 1 aromatic rings. The summed E-state index contributed by atoms with van der Waals surface area (Å²) in [5.74, 6) is 0.475. The molecule has 0 aliphatic rings. The fraction of sp³-hybridized carbons (Fsp3) is 0.684. The summed E-state index contributed by atoms with van der Waals surface area (Å²) in [6.45, 7) is 13.1.